The van der Waals surface area contributed by atoms with E-state index >= 15 is 0 Å². The summed E-state index contributed by atoms with van der Waals surface area (Å²) in [5, 5.41) is 0. The molecule has 0 aliphatic carbocycles. The van der Waals surface area contributed by atoms with Gasteiger partial charge in [0, 0.05) is 7.11 Å². The first-order chi connectivity index (χ1) is 6.60. The van der Waals surface area contributed by atoms with Crippen molar-refractivity contribution in [2.24, 2.45) is 5.92 Å². The van der Waals surface area contributed by atoms with E-state index in [-0.39, 0.29) is 23.9 Å². The van der Waals surface area contributed by atoms with Crippen LogP contribution in [0.2, 0.25) is 0 Å². The maximum Gasteiger partial charge on any atom is 0.136 e. The van der Waals surface area contributed by atoms with Crippen molar-refractivity contribution in [2.45, 2.75) is 38.1 Å². The predicted octanol–water partition coefficient (Wildman–Crippen LogP) is 1.32. The summed E-state index contributed by atoms with van der Waals surface area (Å²) in [6.07, 6.45) is 4.89. The van der Waals surface area contributed by atoms with E-state index in [0.29, 0.717) is 0 Å². The number of hydrogen-bond donors (Lipinski definition) is 0. The third-order valence-electron chi connectivity index (χ3n) is 3.42. The van der Waals surface area contributed by atoms with Crippen LogP contribution in [0, 0.1) is 5.92 Å². The molecule has 2 heterocycles. The molecule has 2 aliphatic heterocycles. The van der Waals surface area contributed by atoms with Gasteiger partial charge in [-0.25, -0.2) is 0 Å². The first-order valence-electron chi connectivity index (χ1n) is 5.00. The number of hydrogen-bond acceptors (Lipinski definition) is 3. The Kier molecular flexibility index (Phi) is 2.24. The van der Waals surface area contributed by atoms with Crippen molar-refractivity contribution in [3.05, 3.63) is 12.2 Å². The van der Waals surface area contributed by atoms with Crippen LogP contribution in [0.15, 0.2) is 12.2 Å². The van der Waals surface area contributed by atoms with E-state index in [1.54, 1.807) is 14.0 Å². The van der Waals surface area contributed by atoms with Crippen molar-refractivity contribution in [3.63, 3.8) is 0 Å². The Labute approximate surface area is 84.1 Å². The summed E-state index contributed by atoms with van der Waals surface area (Å²) in [7, 11) is 1.65. The largest absolute Gasteiger partial charge is 0.378 e. The van der Waals surface area contributed by atoms with Gasteiger partial charge < -0.3 is 9.47 Å². The van der Waals surface area contributed by atoms with Gasteiger partial charge in [-0.2, -0.15) is 0 Å². The highest BCUT2D eigenvalue weighted by Crippen LogP contribution is 2.46. The second kappa shape index (κ2) is 3.17. The lowest BCUT2D eigenvalue weighted by Gasteiger charge is -2.33. The molecule has 0 amide bonds. The standard InChI is InChI=1S/C11H16O3/c1-7(12)10-6-9-4-5-11(10,14-9)8(2)13-3/h4-5,8-10H,6H2,1-3H3. The van der Waals surface area contributed by atoms with Crippen molar-refractivity contribution >= 4 is 5.78 Å². The number of ether oxygens (including phenoxy) is 2. The number of carbonyl (C=O) groups excluding carboxylic acids is 1. The van der Waals surface area contributed by atoms with Gasteiger partial charge >= 0.3 is 0 Å². The first-order valence-corrected chi connectivity index (χ1v) is 5.00. The van der Waals surface area contributed by atoms with Crippen LogP contribution in [0.1, 0.15) is 20.3 Å². The second-order valence-corrected chi connectivity index (χ2v) is 4.15. The zero-order valence-corrected chi connectivity index (χ0v) is 8.82. The molecule has 2 rings (SSSR count). The van der Waals surface area contributed by atoms with Crippen LogP contribution in [0.25, 0.3) is 0 Å². The van der Waals surface area contributed by atoms with Gasteiger partial charge in [0.15, 0.2) is 0 Å². The molecule has 14 heavy (non-hydrogen) atoms. The van der Waals surface area contributed by atoms with Crippen molar-refractivity contribution in [1.82, 2.24) is 0 Å². The minimum absolute atomic E-state index is 0.0348. The number of carbonyl (C=O) groups is 1. The molecule has 0 aromatic rings. The van der Waals surface area contributed by atoms with Gasteiger partial charge in [0.1, 0.15) is 11.4 Å². The molecule has 78 valence electrons. The third-order valence-corrected chi connectivity index (χ3v) is 3.42. The van der Waals surface area contributed by atoms with Gasteiger partial charge in [0.2, 0.25) is 0 Å². The molecule has 3 nitrogen and oxygen atoms in total. The Bertz CT molecular complexity index is 284. The normalized spacial score (nSPS) is 41.6. The maximum absolute atomic E-state index is 11.5. The van der Waals surface area contributed by atoms with E-state index in [9.17, 15) is 4.79 Å². The van der Waals surface area contributed by atoms with Crippen LogP contribution in [0.5, 0.6) is 0 Å². The molecule has 0 spiro atoms. The lowest BCUT2D eigenvalue weighted by Crippen LogP contribution is -2.46. The third kappa shape index (κ3) is 1.16. The van der Waals surface area contributed by atoms with Crippen LogP contribution in [0.4, 0.5) is 0 Å². The van der Waals surface area contributed by atoms with E-state index in [2.05, 4.69) is 0 Å². The summed E-state index contributed by atoms with van der Waals surface area (Å²) < 4.78 is 11.1. The van der Waals surface area contributed by atoms with E-state index < -0.39 is 5.60 Å². The van der Waals surface area contributed by atoms with E-state index in [1.807, 2.05) is 19.1 Å². The molecule has 2 bridgehead atoms. The average molecular weight is 196 g/mol. The zero-order valence-electron chi connectivity index (χ0n) is 8.82. The van der Waals surface area contributed by atoms with Gasteiger partial charge in [-0.15, -0.1) is 0 Å². The Hall–Kier alpha value is -0.670. The molecule has 0 aromatic heterocycles. The van der Waals surface area contributed by atoms with E-state index in [0.717, 1.165) is 6.42 Å². The molecule has 4 atom stereocenters. The van der Waals surface area contributed by atoms with Gasteiger partial charge in [-0.05, 0) is 20.3 Å². The highest BCUT2D eigenvalue weighted by molar-refractivity contribution is 5.81. The molecule has 0 N–H and O–H groups in total. The summed E-state index contributed by atoms with van der Waals surface area (Å²) in [5.74, 6) is 0.160. The fourth-order valence-electron chi connectivity index (χ4n) is 2.52. The van der Waals surface area contributed by atoms with Crippen LogP contribution < -0.4 is 0 Å². The molecular formula is C11H16O3. The summed E-state index contributed by atoms with van der Waals surface area (Å²) in [5.41, 5.74) is -0.495. The molecule has 3 heteroatoms. The molecule has 2 aliphatic rings. The molecular weight excluding hydrogens is 180 g/mol. The van der Waals surface area contributed by atoms with Crippen LogP contribution in [-0.4, -0.2) is 30.7 Å². The van der Waals surface area contributed by atoms with E-state index in [4.69, 9.17) is 9.47 Å². The lowest BCUT2D eigenvalue weighted by atomic mass is 9.77. The lowest BCUT2D eigenvalue weighted by molar-refractivity contribution is -0.132. The topological polar surface area (TPSA) is 35.5 Å². The van der Waals surface area contributed by atoms with Gasteiger partial charge in [-0.3, -0.25) is 4.79 Å². The number of ketones is 1. The Morgan fingerprint density at radius 3 is 2.93 bits per heavy atom. The van der Waals surface area contributed by atoms with Crippen LogP contribution >= 0.6 is 0 Å². The molecule has 0 saturated carbocycles. The quantitative estimate of drug-likeness (QED) is 0.639. The molecule has 1 saturated heterocycles. The van der Waals surface area contributed by atoms with Crippen LogP contribution in [0.3, 0.4) is 0 Å². The summed E-state index contributed by atoms with van der Waals surface area (Å²) in [6, 6.07) is 0. The summed E-state index contributed by atoms with van der Waals surface area (Å²) in [6.45, 7) is 3.58. The molecule has 0 radical (unpaired) electrons. The summed E-state index contributed by atoms with van der Waals surface area (Å²) >= 11 is 0. The smallest absolute Gasteiger partial charge is 0.136 e. The zero-order chi connectivity index (χ0) is 10.3. The predicted molar refractivity (Wildman–Crippen MR) is 52.0 cm³/mol. The van der Waals surface area contributed by atoms with Gasteiger partial charge in [0.05, 0.1) is 18.1 Å². The number of Topliss-reactive ketones (excluding diaryl/α,β-unsaturated/α-hetero) is 1. The summed E-state index contributed by atoms with van der Waals surface area (Å²) in [4.78, 5) is 11.5. The number of rotatable bonds is 3. The molecule has 1 fully saturated rings. The van der Waals surface area contributed by atoms with Crippen molar-refractivity contribution in [1.29, 1.82) is 0 Å². The average Bonchev–Trinajstić information content (AvgIpc) is 2.74. The Morgan fingerprint density at radius 1 is 1.71 bits per heavy atom. The highest BCUT2D eigenvalue weighted by Gasteiger charge is 2.55. The van der Waals surface area contributed by atoms with E-state index in [1.165, 1.54) is 0 Å². The SMILES string of the molecule is COC(C)C12C=CC(CC1C(C)=O)O2. The Morgan fingerprint density at radius 2 is 2.43 bits per heavy atom. The van der Waals surface area contributed by atoms with Gasteiger partial charge in [-0.1, -0.05) is 12.2 Å². The monoisotopic (exact) mass is 196 g/mol. The molecule has 0 aromatic carbocycles. The maximum atomic E-state index is 11.5. The minimum Gasteiger partial charge on any atom is -0.378 e. The fraction of sp³-hybridized carbons (Fsp3) is 0.727. The highest BCUT2D eigenvalue weighted by atomic mass is 16.6. The Balaban J connectivity index is 2.30. The molecule has 4 unspecified atom stereocenters. The second-order valence-electron chi connectivity index (χ2n) is 4.15. The van der Waals surface area contributed by atoms with Gasteiger partial charge in [0.25, 0.3) is 0 Å². The van der Waals surface area contributed by atoms with Crippen molar-refractivity contribution in [2.75, 3.05) is 7.11 Å². The van der Waals surface area contributed by atoms with Crippen LogP contribution in [-0.2, 0) is 14.3 Å². The minimum atomic E-state index is -0.495. The first kappa shape index (κ1) is 9.87. The van der Waals surface area contributed by atoms with Crippen molar-refractivity contribution in [3.8, 4) is 0 Å². The van der Waals surface area contributed by atoms with Crippen molar-refractivity contribution < 1.29 is 14.3 Å². The fourth-order valence-corrected chi connectivity index (χ4v) is 2.52. The number of fused-ring (bicyclic) bond motifs is 2. The number of methoxy groups -OCH3 is 1.